The summed E-state index contributed by atoms with van der Waals surface area (Å²) in [5.41, 5.74) is 0.191. The van der Waals surface area contributed by atoms with Crippen molar-refractivity contribution in [2.24, 2.45) is 17.8 Å². The molecule has 3 aliphatic rings. The molecule has 1 amide bonds. The summed E-state index contributed by atoms with van der Waals surface area (Å²) in [7, 11) is -3.67. The summed E-state index contributed by atoms with van der Waals surface area (Å²) in [6.07, 6.45) is 8.84. The summed E-state index contributed by atoms with van der Waals surface area (Å²) >= 11 is 6.18. The fourth-order valence-electron chi connectivity index (χ4n) is 5.42. The number of hydrogen-bond acceptors (Lipinski definition) is 5. The fourth-order valence-corrected chi connectivity index (χ4v) is 7.13. The minimum atomic E-state index is -3.67. The van der Waals surface area contributed by atoms with Crippen LogP contribution < -0.4 is 5.32 Å². The Hall–Kier alpha value is -1.64. The number of sulfonamides is 1. The summed E-state index contributed by atoms with van der Waals surface area (Å²) in [5, 5.41) is 2.81. The SMILES string of the molecule is O=C(COC(=O)CC1CC2CCC1C2)Nc1cc(S(=O)(=O)N2CCCCCC2)ccc1Cl. The molecular formula is C23H31ClN2O5S. The van der Waals surface area contributed by atoms with E-state index in [1.54, 1.807) is 0 Å². The zero-order valence-electron chi connectivity index (χ0n) is 18.2. The van der Waals surface area contributed by atoms with Crippen LogP contribution >= 0.6 is 11.6 Å². The molecule has 0 spiro atoms. The minimum absolute atomic E-state index is 0.0902. The van der Waals surface area contributed by atoms with Crippen molar-refractivity contribution >= 4 is 39.2 Å². The Morgan fingerprint density at radius 3 is 2.50 bits per heavy atom. The van der Waals surface area contributed by atoms with Gasteiger partial charge < -0.3 is 10.1 Å². The van der Waals surface area contributed by atoms with Crippen molar-refractivity contribution in [3.05, 3.63) is 23.2 Å². The average molecular weight is 483 g/mol. The van der Waals surface area contributed by atoms with Gasteiger partial charge in [-0.15, -0.1) is 0 Å². The maximum Gasteiger partial charge on any atom is 0.306 e. The van der Waals surface area contributed by atoms with E-state index in [-0.39, 0.29) is 21.6 Å². The molecule has 1 aromatic rings. The van der Waals surface area contributed by atoms with E-state index in [0.29, 0.717) is 31.3 Å². The van der Waals surface area contributed by atoms with Crippen molar-refractivity contribution in [1.29, 1.82) is 0 Å². The van der Waals surface area contributed by atoms with Gasteiger partial charge in [-0.1, -0.05) is 30.9 Å². The molecule has 2 aliphatic carbocycles. The molecule has 3 atom stereocenters. The number of rotatable bonds is 7. The molecule has 2 saturated carbocycles. The second-order valence-corrected chi connectivity index (χ2v) is 11.7. The first-order valence-corrected chi connectivity index (χ1v) is 13.4. The molecule has 1 heterocycles. The van der Waals surface area contributed by atoms with Crippen LogP contribution in [-0.4, -0.2) is 44.3 Å². The van der Waals surface area contributed by atoms with Crippen LogP contribution in [-0.2, 0) is 24.3 Å². The summed E-state index contributed by atoms with van der Waals surface area (Å²) in [6, 6.07) is 4.29. The lowest BCUT2D eigenvalue weighted by Gasteiger charge is -2.21. The fraction of sp³-hybridized carbons (Fsp3) is 0.652. The third-order valence-corrected chi connectivity index (χ3v) is 9.32. The highest BCUT2D eigenvalue weighted by molar-refractivity contribution is 7.89. The first-order chi connectivity index (χ1) is 15.3. The molecule has 1 saturated heterocycles. The van der Waals surface area contributed by atoms with E-state index in [2.05, 4.69) is 5.32 Å². The lowest BCUT2D eigenvalue weighted by atomic mass is 9.86. The van der Waals surface area contributed by atoms with Crippen molar-refractivity contribution in [3.63, 3.8) is 0 Å². The summed E-state index contributed by atoms with van der Waals surface area (Å²) in [4.78, 5) is 24.6. The molecule has 4 rings (SSSR count). The normalized spacial score (nSPS) is 26.0. The average Bonchev–Trinajstić information content (AvgIpc) is 3.26. The maximum atomic E-state index is 13.0. The van der Waals surface area contributed by atoms with Gasteiger partial charge in [0, 0.05) is 19.5 Å². The van der Waals surface area contributed by atoms with Crippen molar-refractivity contribution in [1.82, 2.24) is 4.31 Å². The Morgan fingerprint density at radius 1 is 1.09 bits per heavy atom. The number of carbonyl (C=O) groups is 2. The van der Waals surface area contributed by atoms with Gasteiger partial charge in [-0.05, 0) is 68.1 Å². The molecule has 2 bridgehead atoms. The van der Waals surface area contributed by atoms with Crippen LogP contribution in [0.15, 0.2) is 23.1 Å². The molecule has 32 heavy (non-hydrogen) atoms. The number of halogens is 1. The molecule has 0 radical (unpaired) electrons. The topological polar surface area (TPSA) is 92.8 Å². The van der Waals surface area contributed by atoms with E-state index in [9.17, 15) is 18.0 Å². The van der Waals surface area contributed by atoms with Crippen LogP contribution in [0, 0.1) is 17.8 Å². The number of carbonyl (C=O) groups excluding carboxylic acids is 2. The quantitative estimate of drug-likeness (QED) is 0.587. The van der Waals surface area contributed by atoms with E-state index >= 15 is 0 Å². The van der Waals surface area contributed by atoms with Gasteiger partial charge in [-0.2, -0.15) is 4.31 Å². The van der Waals surface area contributed by atoms with Crippen LogP contribution in [0.1, 0.15) is 57.8 Å². The van der Waals surface area contributed by atoms with Gasteiger partial charge in [-0.25, -0.2) is 8.42 Å². The molecule has 1 N–H and O–H groups in total. The summed E-state index contributed by atoms with van der Waals surface area (Å²) in [6.45, 7) is 0.565. The first-order valence-electron chi connectivity index (χ1n) is 11.6. The van der Waals surface area contributed by atoms with Crippen LogP contribution in [0.5, 0.6) is 0 Å². The van der Waals surface area contributed by atoms with Crippen molar-refractivity contribution < 1.29 is 22.7 Å². The standard InChI is InChI=1S/C23H31ClN2O5S/c24-20-8-7-19(32(29,30)26-9-3-1-2-4-10-26)14-21(20)25-22(27)15-31-23(28)13-18-12-16-5-6-17(18)11-16/h7-8,14,16-18H,1-6,9-13,15H2,(H,25,27). The van der Waals surface area contributed by atoms with E-state index < -0.39 is 22.5 Å². The molecule has 7 nitrogen and oxygen atoms in total. The van der Waals surface area contributed by atoms with Gasteiger partial charge in [0.2, 0.25) is 10.0 Å². The number of ether oxygens (including phenoxy) is 1. The number of amides is 1. The van der Waals surface area contributed by atoms with Gasteiger partial charge >= 0.3 is 5.97 Å². The maximum absolute atomic E-state index is 13.0. The second kappa shape index (κ2) is 10.1. The zero-order chi connectivity index (χ0) is 22.7. The number of nitrogens with zero attached hydrogens (tertiary/aromatic N) is 1. The highest BCUT2D eigenvalue weighted by Gasteiger charge is 2.40. The van der Waals surface area contributed by atoms with Gasteiger partial charge in [-0.3, -0.25) is 9.59 Å². The predicted octanol–water partition coefficient (Wildman–Crippen LogP) is 4.21. The van der Waals surface area contributed by atoms with E-state index in [4.69, 9.17) is 16.3 Å². The van der Waals surface area contributed by atoms with Crippen molar-refractivity contribution in [2.45, 2.75) is 62.7 Å². The molecule has 9 heteroatoms. The number of nitrogens with one attached hydrogen (secondary N) is 1. The van der Waals surface area contributed by atoms with Gasteiger partial charge in [0.25, 0.3) is 5.91 Å². The van der Waals surface area contributed by atoms with E-state index in [1.807, 2.05) is 0 Å². The van der Waals surface area contributed by atoms with Gasteiger partial charge in [0.15, 0.2) is 6.61 Å². The largest absolute Gasteiger partial charge is 0.456 e. The molecule has 3 fully saturated rings. The summed E-state index contributed by atoms with van der Waals surface area (Å²) < 4.78 is 32.7. The first kappa shape index (κ1) is 23.5. The molecule has 1 aromatic carbocycles. The Balaban J connectivity index is 1.33. The third-order valence-electron chi connectivity index (χ3n) is 7.09. The lowest BCUT2D eigenvalue weighted by molar-refractivity contribution is -0.148. The van der Waals surface area contributed by atoms with Gasteiger partial charge in [0.1, 0.15) is 0 Å². The Bertz CT molecular complexity index is 959. The van der Waals surface area contributed by atoms with Crippen LogP contribution in [0.25, 0.3) is 0 Å². The third kappa shape index (κ3) is 5.46. The highest BCUT2D eigenvalue weighted by Crippen LogP contribution is 2.49. The smallest absolute Gasteiger partial charge is 0.306 e. The molecule has 3 unspecified atom stereocenters. The Kier molecular flexibility index (Phi) is 7.42. The Morgan fingerprint density at radius 2 is 1.84 bits per heavy atom. The predicted molar refractivity (Wildman–Crippen MR) is 122 cm³/mol. The number of benzene rings is 1. The molecule has 176 valence electrons. The molecule has 1 aliphatic heterocycles. The van der Waals surface area contributed by atoms with Crippen LogP contribution in [0.3, 0.4) is 0 Å². The number of esters is 1. The van der Waals surface area contributed by atoms with Gasteiger partial charge in [0.05, 0.1) is 15.6 Å². The number of fused-ring (bicyclic) bond motifs is 2. The summed E-state index contributed by atoms with van der Waals surface area (Å²) in [5.74, 6) is 0.841. The zero-order valence-corrected chi connectivity index (χ0v) is 19.8. The van der Waals surface area contributed by atoms with E-state index in [0.717, 1.165) is 38.0 Å². The highest BCUT2D eigenvalue weighted by atomic mass is 35.5. The van der Waals surface area contributed by atoms with Crippen LogP contribution in [0.2, 0.25) is 5.02 Å². The van der Waals surface area contributed by atoms with Crippen molar-refractivity contribution in [2.75, 3.05) is 25.0 Å². The number of anilines is 1. The minimum Gasteiger partial charge on any atom is -0.456 e. The van der Waals surface area contributed by atoms with E-state index in [1.165, 1.54) is 41.8 Å². The van der Waals surface area contributed by atoms with Crippen LogP contribution in [0.4, 0.5) is 5.69 Å². The molecular weight excluding hydrogens is 452 g/mol. The molecule has 0 aromatic heterocycles. The van der Waals surface area contributed by atoms with Crippen molar-refractivity contribution in [3.8, 4) is 0 Å². The monoisotopic (exact) mass is 482 g/mol. The lowest BCUT2D eigenvalue weighted by Crippen LogP contribution is -2.32. The Labute approximate surface area is 194 Å². The second-order valence-electron chi connectivity index (χ2n) is 9.31. The number of hydrogen-bond donors (Lipinski definition) is 1.